The molecule has 0 spiro atoms. The lowest BCUT2D eigenvalue weighted by Gasteiger charge is -2.23. The first kappa shape index (κ1) is 17.3. The lowest BCUT2D eigenvalue weighted by atomic mass is 10.0. The zero-order valence-corrected chi connectivity index (χ0v) is 14.4. The third-order valence-electron chi connectivity index (χ3n) is 4.19. The predicted octanol–water partition coefficient (Wildman–Crippen LogP) is 3.66. The fourth-order valence-electron chi connectivity index (χ4n) is 2.33. The molecule has 1 saturated heterocycles. The topological polar surface area (TPSA) is 52.6 Å². The Balaban J connectivity index is 2.09. The van der Waals surface area contributed by atoms with Crippen LogP contribution in [0.3, 0.4) is 0 Å². The summed E-state index contributed by atoms with van der Waals surface area (Å²) in [5, 5.41) is 0. The first-order chi connectivity index (χ1) is 10.4. The first-order valence-corrected chi connectivity index (χ1v) is 9.65. The molecular weight excluding hydrogens is 300 g/mol. The third-order valence-corrected chi connectivity index (χ3v) is 6.13. The van der Waals surface area contributed by atoms with Crippen molar-refractivity contribution in [3.63, 3.8) is 0 Å². The molecule has 1 heterocycles. The van der Waals surface area contributed by atoms with Gasteiger partial charge in [0.25, 0.3) is 0 Å². The molecule has 1 aromatic rings. The van der Waals surface area contributed by atoms with Crippen LogP contribution in [0.15, 0.2) is 29.2 Å². The fraction of sp³-hybridized carbons (Fsp3) is 0.647. The SMILES string of the molecule is CC(C)C(C)CS(=O)(=O)c1cccc(OC2CCCCO2)c1. The van der Waals surface area contributed by atoms with Crippen molar-refractivity contribution in [2.75, 3.05) is 12.4 Å². The maximum Gasteiger partial charge on any atom is 0.199 e. The van der Waals surface area contributed by atoms with Gasteiger partial charge in [0.2, 0.25) is 0 Å². The van der Waals surface area contributed by atoms with Crippen LogP contribution in [0.2, 0.25) is 0 Å². The zero-order chi connectivity index (χ0) is 16.2. The minimum absolute atomic E-state index is 0.122. The molecule has 0 saturated carbocycles. The Morgan fingerprint density at radius 1 is 1.27 bits per heavy atom. The first-order valence-electron chi connectivity index (χ1n) is 7.99. The summed E-state index contributed by atoms with van der Waals surface area (Å²) in [6.07, 6.45) is 2.72. The van der Waals surface area contributed by atoms with Crippen LogP contribution in [0.5, 0.6) is 5.75 Å². The van der Waals surface area contributed by atoms with Crippen molar-refractivity contribution < 1.29 is 17.9 Å². The van der Waals surface area contributed by atoms with E-state index in [0.717, 1.165) is 19.3 Å². The quantitative estimate of drug-likeness (QED) is 0.800. The highest BCUT2D eigenvalue weighted by Crippen LogP contribution is 2.24. The van der Waals surface area contributed by atoms with Gasteiger partial charge < -0.3 is 9.47 Å². The summed E-state index contributed by atoms with van der Waals surface area (Å²) in [5.41, 5.74) is 0. The van der Waals surface area contributed by atoms with E-state index in [1.54, 1.807) is 24.3 Å². The van der Waals surface area contributed by atoms with Crippen LogP contribution in [-0.4, -0.2) is 27.1 Å². The molecule has 5 heteroatoms. The van der Waals surface area contributed by atoms with Crippen LogP contribution in [0.25, 0.3) is 0 Å². The van der Waals surface area contributed by atoms with Crippen molar-refractivity contribution >= 4 is 9.84 Å². The van der Waals surface area contributed by atoms with E-state index >= 15 is 0 Å². The summed E-state index contributed by atoms with van der Waals surface area (Å²) in [6, 6.07) is 6.76. The van der Waals surface area contributed by atoms with Gasteiger partial charge in [0.05, 0.1) is 17.3 Å². The summed E-state index contributed by atoms with van der Waals surface area (Å²) < 4.78 is 36.3. The molecule has 1 aliphatic rings. The highest BCUT2D eigenvalue weighted by atomic mass is 32.2. The maximum atomic E-state index is 12.5. The van der Waals surface area contributed by atoms with Crippen LogP contribution in [0.1, 0.15) is 40.0 Å². The molecule has 0 radical (unpaired) electrons. The molecule has 4 nitrogen and oxygen atoms in total. The Morgan fingerprint density at radius 2 is 2.05 bits per heavy atom. The minimum atomic E-state index is -3.29. The normalized spacial score (nSPS) is 20.8. The summed E-state index contributed by atoms with van der Waals surface area (Å²) in [6.45, 7) is 6.76. The summed E-state index contributed by atoms with van der Waals surface area (Å²) in [5.74, 6) is 1.18. The number of ether oxygens (including phenoxy) is 2. The molecule has 1 fully saturated rings. The van der Waals surface area contributed by atoms with Gasteiger partial charge in [-0.1, -0.05) is 26.8 Å². The molecule has 2 unspecified atom stereocenters. The van der Waals surface area contributed by atoms with Gasteiger partial charge in [-0.25, -0.2) is 8.42 Å². The summed E-state index contributed by atoms with van der Waals surface area (Å²) in [4.78, 5) is 0.327. The predicted molar refractivity (Wildman–Crippen MR) is 86.7 cm³/mol. The van der Waals surface area contributed by atoms with Gasteiger partial charge >= 0.3 is 0 Å². The standard InChI is InChI=1S/C17H26O4S/c1-13(2)14(3)12-22(18,19)16-8-6-7-15(11-16)21-17-9-4-5-10-20-17/h6-8,11,13-14,17H,4-5,9-10,12H2,1-3H3. The Morgan fingerprint density at radius 3 is 2.68 bits per heavy atom. The van der Waals surface area contributed by atoms with Crippen molar-refractivity contribution in [3.05, 3.63) is 24.3 Å². The van der Waals surface area contributed by atoms with Crippen LogP contribution in [0, 0.1) is 11.8 Å². The number of rotatable bonds is 6. The van der Waals surface area contributed by atoms with Gasteiger partial charge in [-0.15, -0.1) is 0 Å². The van der Waals surface area contributed by atoms with Gasteiger partial charge in [-0.2, -0.15) is 0 Å². The van der Waals surface area contributed by atoms with Gasteiger partial charge in [0.1, 0.15) is 5.75 Å². The van der Waals surface area contributed by atoms with Gasteiger partial charge in [-0.05, 0) is 42.9 Å². The zero-order valence-electron chi connectivity index (χ0n) is 13.6. The molecule has 124 valence electrons. The highest BCUT2D eigenvalue weighted by Gasteiger charge is 2.22. The van der Waals surface area contributed by atoms with Crippen molar-refractivity contribution in [1.29, 1.82) is 0 Å². The Hall–Kier alpha value is -1.07. The average Bonchev–Trinajstić information content (AvgIpc) is 2.48. The molecule has 0 N–H and O–H groups in total. The van der Waals surface area contributed by atoms with Crippen LogP contribution < -0.4 is 4.74 Å². The second kappa shape index (κ2) is 7.47. The molecule has 0 aromatic heterocycles. The van der Waals surface area contributed by atoms with Crippen LogP contribution in [0.4, 0.5) is 0 Å². The summed E-state index contributed by atoms with van der Waals surface area (Å²) in [7, 11) is -3.29. The number of hydrogen-bond acceptors (Lipinski definition) is 4. The van der Waals surface area contributed by atoms with E-state index < -0.39 is 9.84 Å². The Labute approximate surface area is 133 Å². The lowest BCUT2D eigenvalue weighted by Crippen LogP contribution is -2.25. The molecule has 0 bridgehead atoms. The molecule has 1 aromatic carbocycles. The Kier molecular flexibility index (Phi) is 5.87. The molecule has 0 aliphatic carbocycles. The second-order valence-electron chi connectivity index (χ2n) is 6.39. The Bertz CT molecular complexity index is 574. The van der Waals surface area contributed by atoms with Gasteiger partial charge in [0.15, 0.2) is 16.1 Å². The van der Waals surface area contributed by atoms with Crippen molar-refractivity contribution in [3.8, 4) is 5.75 Å². The molecule has 2 rings (SSSR count). The van der Waals surface area contributed by atoms with Crippen molar-refractivity contribution in [2.24, 2.45) is 11.8 Å². The molecule has 0 amide bonds. The lowest BCUT2D eigenvalue weighted by molar-refractivity contribution is -0.106. The third kappa shape index (κ3) is 4.71. The average molecular weight is 326 g/mol. The smallest absolute Gasteiger partial charge is 0.199 e. The van der Waals surface area contributed by atoms with E-state index in [1.165, 1.54) is 0 Å². The molecule has 22 heavy (non-hydrogen) atoms. The van der Waals surface area contributed by atoms with E-state index in [1.807, 2.05) is 20.8 Å². The van der Waals surface area contributed by atoms with Crippen LogP contribution in [-0.2, 0) is 14.6 Å². The van der Waals surface area contributed by atoms with E-state index in [9.17, 15) is 8.42 Å². The van der Waals surface area contributed by atoms with Gasteiger partial charge in [-0.3, -0.25) is 0 Å². The van der Waals surface area contributed by atoms with E-state index in [4.69, 9.17) is 9.47 Å². The number of hydrogen-bond donors (Lipinski definition) is 0. The molecule has 2 atom stereocenters. The van der Waals surface area contributed by atoms with E-state index in [2.05, 4.69) is 0 Å². The molecule has 1 aliphatic heterocycles. The van der Waals surface area contributed by atoms with Crippen molar-refractivity contribution in [2.45, 2.75) is 51.2 Å². The van der Waals surface area contributed by atoms with E-state index in [0.29, 0.717) is 23.2 Å². The monoisotopic (exact) mass is 326 g/mol. The van der Waals surface area contributed by atoms with Gasteiger partial charge in [0, 0.05) is 6.42 Å². The highest BCUT2D eigenvalue weighted by molar-refractivity contribution is 7.91. The summed E-state index contributed by atoms with van der Waals surface area (Å²) >= 11 is 0. The molecular formula is C17H26O4S. The van der Waals surface area contributed by atoms with E-state index in [-0.39, 0.29) is 18.0 Å². The van der Waals surface area contributed by atoms with Crippen LogP contribution >= 0.6 is 0 Å². The fourth-order valence-corrected chi connectivity index (χ4v) is 4.18. The van der Waals surface area contributed by atoms with Crippen molar-refractivity contribution in [1.82, 2.24) is 0 Å². The largest absolute Gasteiger partial charge is 0.465 e. The second-order valence-corrected chi connectivity index (χ2v) is 8.43. The maximum absolute atomic E-state index is 12.5. The minimum Gasteiger partial charge on any atom is -0.465 e. The number of benzene rings is 1. The number of sulfone groups is 1.